The summed E-state index contributed by atoms with van der Waals surface area (Å²) in [6.45, 7) is 0. The molecule has 3 aromatic rings. The number of ether oxygens (including phenoxy) is 1. The average molecular weight is 606 g/mol. The molecule has 2 aromatic heterocycles. The summed E-state index contributed by atoms with van der Waals surface area (Å²) in [7, 11) is -1.09. The Morgan fingerprint density at radius 3 is 2.29 bits per heavy atom. The number of nitrogens with zero attached hydrogens (tertiary/aromatic N) is 4. The van der Waals surface area contributed by atoms with Crippen molar-refractivity contribution in [3.05, 3.63) is 60.0 Å². The van der Waals surface area contributed by atoms with Gasteiger partial charge in [-0.05, 0) is 42.7 Å². The molecule has 1 aromatic carbocycles. The second-order valence-electron chi connectivity index (χ2n) is 9.41. The van der Waals surface area contributed by atoms with Crippen molar-refractivity contribution in [3.63, 3.8) is 0 Å². The molecule has 3 heterocycles. The van der Waals surface area contributed by atoms with Crippen molar-refractivity contribution >= 4 is 27.1 Å². The fraction of sp³-hybridized carbons (Fsp3) is 0.400. The van der Waals surface area contributed by atoms with Crippen LogP contribution in [-0.2, 0) is 20.8 Å². The first-order valence-electron chi connectivity index (χ1n) is 12.2. The van der Waals surface area contributed by atoms with Gasteiger partial charge in [-0.3, -0.25) is 4.79 Å². The van der Waals surface area contributed by atoms with E-state index in [1.807, 2.05) is 0 Å². The summed E-state index contributed by atoms with van der Waals surface area (Å²) in [5.41, 5.74) is -2.04. The van der Waals surface area contributed by atoms with E-state index in [0.717, 1.165) is 37.5 Å². The highest BCUT2D eigenvalue weighted by atomic mass is 32.2. The maximum absolute atomic E-state index is 14.1. The summed E-state index contributed by atoms with van der Waals surface area (Å²) in [4.78, 5) is 17.3. The van der Waals surface area contributed by atoms with E-state index in [-0.39, 0.29) is 47.2 Å². The van der Waals surface area contributed by atoms with Crippen molar-refractivity contribution in [2.75, 3.05) is 31.0 Å². The third kappa shape index (κ3) is 6.57. The Labute approximate surface area is 231 Å². The van der Waals surface area contributed by atoms with Gasteiger partial charge in [0.2, 0.25) is 11.8 Å². The van der Waals surface area contributed by atoms with Crippen molar-refractivity contribution in [1.82, 2.24) is 19.7 Å². The summed E-state index contributed by atoms with van der Waals surface area (Å²) < 4.78 is 113. The third-order valence-electron chi connectivity index (χ3n) is 6.66. The molecule has 1 amide bonds. The number of carbonyl (C=O) groups is 1. The van der Waals surface area contributed by atoms with Crippen LogP contribution in [-0.4, -0.2) is 65.8 Å². The Morgan fingerprint density at radius 2 is 1.73 bits per heavy atom. The number of pyridine rings is 1. The van der Waals surface area contributed by atoms with E-state index in [2.05, 4.69) is 15.4 Å². The van der Waals surface area contributed by atoms with E-state index in [1.54, 1.807) is 0 Å². The molecular weight excluding hydrogens is 580 g/mol. The number of hydrogen-bond acceptors (Lipinski definition) is 7. The topological polar surface area (TPSA) is 106 Å². The quantitative estimate of drug-likeness (QED) is 0.381. The minimum absolute atomic E-state index is 0.0318. The number of alkyl halides is 6. The van der Waals surface area contributed by atoms with Crippen LogP contribution in [0.25, 0.3) is 5.69 Å². The molecule has 0 radical (unpaired) electrons. The number of amides is 1. The number of halogens is 6. The van der Waals surface area contributed by atoms with Crippen LogP contribution in [0, 0.1) is 5.92 Å². The standard InChI is InChI=1S/C25H25F6N5O4S/c1-35(23(37)16-9-12-41(38,39)13-10-16)20(24(26,27)28)15-5-7-17(8-6-15)34-18-14-33-36(21(18)25(29,30)31)19-4-3-11-32-22(19)40-2/h3-8,11,14,16,20,34H,9-10,12-13H2,1-2H3. The first kappa shape index (κ1) is 30.1. The van der Waals surface area contributed by atoms with Crippen molar-refractivity contribution in [2.45, 2.75) is 31.2 Å². The zero-order chi connectivity index (χ0) is 30.2. The van der Waals surface area contributed by atoms with E-state index < -0.39 is 51.4 Å². The van der Waals surface area contributed by atoms with Crippen molar-refractivity contribution in [1.29, 1.82) is 0 Å². The van der Waals surface area contributed by atoms with Gasteiger partial charge in [-0.25, -0.2) is 18.1 Å². The summed E-state index contributed by atoms with van der Waals surface area (Å²) in [6.07, 6.45) is -7.66. The highest BCUT2D eigenvalue weighted by Crippen LogP contribution is 2.41. The molecule has 1 unspecified atom stereocenters. The van der Waals surface area contributed by atoms with Crippen LogP contribution in [0.3, 0.4) is 0 Å². The number of benzene rings is 1. The Balaban J connectivity index is 1.60. The summed E-state index contributed by atoms with van der Waals surface area (Å²) in [5, 5.41) is 6.35. The van der Waals surface area contributed by atoms with Gasteiger partial charge >= 0.3 is 12.4 Å². The predicted octanol–water partition coefficient (Wildman–Crippen LogP) is 4.92. The van der Waals surface area contributed by atoms with E-state index in [0.29, 0.717) is 9.58 Å². The van der Waals surface area contributed by atoms with Gasteiger partial charge in [0.1, 0.15) is 15.5 Å². The zero-order valence-electron chi connectivity index (χ0n) is 21.7. The van der Waals surface area contributed by atoms with Crippen LogP contribution in [0.2, 0.25) is 0 Å². The molecular formula is C25H25F6N5O4S. The summed E-state index contributed by atoms with van der Waals surface area (Å²) >= 11 is 0. The fourth-order valence-electron chi connectivity index (χ4n) is 4.68. The maximum atomic E-state index is 14.1. The number of sulfone groups is 1. The van der Waals surface area contributed by atoms with Crippen molar-refractivity contribution < 1.29 is 44.3 Å². The second-order valence-corrected chi connectivity index (χ2v) is 11.7. The lowest BCUT2D eigenvalue weighted by Crippen LogP contribution is -2.44. The normalized spacial score (nSPS) is 16.7. The van der Waals surface area contributed by atoms with Gasteiger partial charge < -0.3 is 15.0 Å². The third-order valence-corrected chi connectivity index (χ3v) is 8.38. The minimum Gasteiger partial charge on any atom is -0.479 e. The average Bonchev–Trinajstić information content (AvgIpc) is 3.32. The van der Waals surface area contributed by atoms with Crippen LogP contribution >= 0.6 is 0 Å². The molecule has 1 aliphatic rings. The maximum Gasteiger partial charge on any atom is 0.435 e. The second kappa shape index (κ2) is 11.2. The van der Waals surface area contributed by atoms with Crippen LogP contribution < -0.4 is 10.1 Å². The summed E-state index contributed by atoms with van der Waals surface area (Å²) in [5.74, 6) is -2.37. The Kier molecular flexibility index (Phi) is 8.25. The molecule has 4 rings (SSSR count). The van der Waals surface area contributed by atoms with Gasteiger partial charge in [-0.15, -0.1) is 0 Å². The van der Waals surface area contributed by atoms with Crippen LogP contribution in [0.1, 0.15) is 30.1 Å². The van der Waals surface area contributed by atoms with Crippen molar-refractivity contribution in [2.24, 2.45) is 5.92 Å². The van der Waals surface area contributed by atoms with E-state index >= 15 is 0 Å². The van der Waals surface area contributed by atoms with Crippen molar-refractivity contribution in [3.8, 4) is 11.6 Å². The highest BCUT2D eigenvalue weighted by Gasteiger charge is 2.47. The molecule has 9 nitrogen and oxygen atoms in total. The van der Waals surface area contributed by atoms with Crippen LogP contribution in [0.5, 0.6) is 5.88 Å². The number of methoxy groups -OCH3 is 1. The van der Waals surface area contributed by atoms with Gasteiger partial charge in [0.25, 0.3) is 0 Å². The largest absolute Gasteiger partial charge is 0.479 e. The van der Waals surface area contributed by atoms with Gasteiger partial charge in [-0.2, -0.15) is 31.4 Å². The van der Waals surface area contributed by atoms with Gasteiger partial charge in [0.15, 0.2) is 11.7 Å². The fourth-order valence-corrected chi connectivity index (χ4v) is 6.18. The van der Waals surface area contributed by atoms with Crippen LogP contribution in [0.15, 0.2) is 48.8 Å². The molecule has 41 heavy (non-hydrogen) atoms. The number of aromatic nitrogens is 3. The van der Waals surface area contributed by atoms with Crippen LogP contribution in [0.4, 0.5) is 37.7 Å². The lowest BCUT2D eigenvalue weighted by molar-refractivity contribution is -0.190. The first-order valence-corrected chi connectivity index (χ1v) is 14.0. The van der Waals surface area contributed by atoms with Gasteiger partial charge in [-0.1, -0.05) is 12.1 Å². The molecule has 1 N–H and O–H groups in total. The zero-order valence-corrected chi connectivity index (χ0v) is 22.5. The molecule has 1 saturated heterocycles. The molecule has 0 aliphatic carbocycles. The molecule has 16 heteroatoms. The molecule has 0 saturated carbocycles. The minimum atomic E-state index is -4.89. The SMILES string of the molecule is COc1ncccc1-n1ncc(Nc2ccc(C(N(C)C(=O)C3CCS(=O)(=O)CC3)C(F)(F)F)cc2)c1C(F)(F)F. The number of rotatable bonds is 7. The molecule has 1 fully saturated rings. The van der Waals surface area contributed by atoms with E-state index in [1.165, 1.54) is 25.4 Å². The predicted molar refractivity (Wildman–Crippen MR) is 136 cm³/mol. The van der Waals surface area contributed by atoms with E-state index in [9.17, 15) is 39.6 Å². The molecule has 0 spiro atoms. The molecule has 1 aliphatic heterocycles. The number of nitrogens with one attached hydrogen (secondary N) is 1. The lowest BCUT2D eigenvalue weighted by atomic mass is 9.98. The Morgan fingerprint density at radius 1 is 1.10 bits per heavy atom. The first-order chi connectivity index (χ1) is 19.1. The Hall–Kier alpha value is -3.82. The molecule has 222 valence electrons. The highest BCUT2D eigenvalue weighted by molar-refractivity contribution is 7.91. The number of carbonyl (C=O) groups excluding carboxylic acids is 1. The monoisotopic (exact) mass is 605 g/mol. The Bertz CT molecular complexity index is 1490. The number of hydrogen-bond donors (Lipinski definition) is 1. The van der Waals surface area contributed by atoms with E-state index in [4.69, 9.17) is 4.74 Å². The van der Waals surface area contributed by atoms with Gasteiger partial charge in [0.05, 0.1) is 30.5 Å². The lowest BCUT2D eigenvalue weighted by Gasteiger charge is -2.34. The number of anilines is 2. The molecule has 1 atom stereocenters. The van der Waals surface area contributed by atoms with Gasteiger partial charge in [0, 0.05) is 24.8 Å². The summed E-state index contributed by atoms with van der Waals surface area (Å²) in [6, 6.07) is 4.79. The molecule has 0 bridgehead atoms. The smallest absolute Gasteiger partial charge is 0.435 e.